The van der Waals surface area contributed by atoms with Crippen LogP contribution in [0.25, 0.3) is 0 Å². The van der Waals surface area contributed by atoms with Crippen LogP contribution in [0.5, 0.6) is 0 Å². The summed E-state index contributed by atoms with van der Waals surface area (Å²) in [6.07, 6.45) is 0. The van der Waals surface area contributed by atoms with Crippen molar-refractivity contribution in [2.75, 3.05) is 39.4 Å². The van der Waals surface area contributed by atoms with Crippen molar-refractivity contribution in [3.63, 3.8) is 0 Å². The van der Waals surface area contributed by atoms with Gasteiger partial charge < -0.3 is 14.1 Å². The highest BCUT2D eigenvalue weighted by Gasteiger charge is 2.38. The Hall–Kier alpha value is -1.33. The molecule has 128 valence electrons. The van der Waals surface area contributed by atoms with Crippen LogP contribution in [0.2, 0.25) is 0 Å². The van der Waals surface area contributed by atoms with Gasteiger partial charge in [0.2, 0.25) is 5.91 Å². The van der Waals surface area contributed by atoms with E-state index in [4.69, 9.17) is 9.15 Å². The number of aryl methyl sites for hydroxylation is 2. The van der Waals surface area contributed by atoms with E-state index in [9.17, 15) is 4.79 Å². The smallest absolute Gasteiger partial charge is 0.230 e. The second-order valence-corrected chi connectivity index (χ2v) is 7.03. The molecule has 1 amide bonds. The van der Waals surface area contributed by atoms with E-state index in [0.717, 1.165) is 56.5 Å². The summed E-state index contributed by atoms with van der Waals surface area (Å²) in [5, 5.41) is 0. The molecule has 2 saturated heterocycles. The summed E-state index contributed by atoms with van der Waals surface area (Å²) in [6, 6.07) is 2.46. The SMILES string of the molecule is Cc1cc([C@H](C)C(=O)N2C[C@H](C)[C@@H](N3CCOCC3)C2)c(C)o1. The first-order valence-corrected chi connectivity index (χ1v) is 8.65. The van der Waals surface area contributed by atoms with Crippen molar-refractivity contribution in [1.29, 1.82) is 0 Å². The maximum Gasteiger partial charge on any atom is 0.230 e. The number of carbonyl (C=O) groups is 1. The molecule has 0 spiro atoms. The highest BCUT2D eigenvalue weighted by atomic mass is 16.5. The van der Waals surface area contributed by atoms with Crippen LogP contribution in [0.4, 0.5) is 0 Å². The van der Waals surface area contributed by atoms with E-state index in [0.29, 0.717) is 12.0 Å². The van der Waals surface area contributed by atoms with E-state index >= 15 is 0 Å². The van der Waals surface area contributed by atoms with Gasteiger partial charge in [-0.15, -0.1) is 0 Å². The zero-order chi connectivity index (χ0) is 16.6. The largest absolute Gasteiger partial charge is 0.466 e. The molecule has 0 aromatic carbocycles. The standard InChI is InChI=1S/C18H28N2O3/c1-12-10-20(11-17(12)19-5-7-22-8-6-19)18(21)14(3)16-9-13(2)23-15(16)4/h9,12,14,17H,5-8,10-11H2,1-4H3/t12-,14-,17-/m0/s1. The number of carbonyl (C=O) groups excluding carboxylic acids is 1. The van der Waals surface area contributed by atoms with Gasteiger partial charge in [0.25, 0.3) is 0 Å². The highest BCUT2D eigenvalue weighted by molar-refractivity contribution is 5.84. The molecule has 5 heteroatoms. The molecule has 3 rings (SSSR count). The quantitative estimate of drug-likeness (QED) is 0.856. The molecule has 0 saturated carbocycles. The van der Waals surface area contributed by atoms with Crippen LogP contribution in [-0.2, 0) is 9.53 Å². The summed E-state index contributed by atoms with van der Waals surface area (Å²) >= 11 is 0. The average molecular weight is 320 g/mol. The Labute approximate surface area is 138 Å². The molecule has 0 N–H and O–H groups in total. The van der Waals surface area contributed by atoms with Crippen molar-refractivity contribution in [3.05, 3.63) is 23.2 Å². The third-order valence-electron chi connectivity index (χ3n) is 5.32. The van der Waals surface area contributed by atoms with Crippen LogP contribution < -0.4 is 0 Å². The number of nitrogens with zero attached hydrogens (tertiary/aromatic N) is 2. The average Bonchev–Trinajstić information content (AvgIpc) is 3.09. The van der Waals surface area contributed by atoms with Crippen LogP contribution >= 0.6 is 0 Å². The summed E-state index contributed by atoms with van der Waals surface area (Å²) in [4.78, 5) is 17.4. The predicted octanol–water partition coefficient (Wildman–Crippen LogP) is 2.18. The molecule has 1 aromatic heterocycles. The van der Waals surface area contributed by atoms with Gasteiger partial charge >= 0.3 is 0 Å². The molecule has 0 aliphatic carbocycles. The normalized spacial score (nSPS) is 27.4. The van der Waals surface area contributed by atoms with E-state index in [1.165, 1.54) is 0 Å². The minimum absolute atomic E-state index is 0.136. The molecule has 0 unspecified atom stereocenters. The molecule has 3 atom stereocenters. The molecule has 1 aromatic rings. The number of hydrogen-bond donors (Lipinski definition) is 0. The fraction of sp³-hybridized carbons (Fsp3) is 0.722. The van der Waals surface area contributed by atoms with E-state index in [2.05, 4.69) is 11.8 Å². The van der Waals surface area contributed by atoms with Gasteiger partial charge in [0.05, 0.1) is 19.1 Å². The summed E-state index contributed by atoms with van der Waals surface area (Å²) in [6.45, 7) is 13.4. The maximum absolute atomic E-state index is 12.9. The molecule has 0 bridgehead atoms. The van der Waals surface area contributed by atoms with Crippen LogP contribution in [0, 0.1) is 19.8 Å². The number of rotatable bonds is 3. The van der Waals surface area contributed by atoms with Gasteiger partial charge in [0, 0.05) is 37.8 Å². The summed E-state index contributed by atoms with van der Waals surface area (Å²) in [5.41, 5.74) is 1.02. The van der Waals surface area contributed by atoms with E-state index < -0.39 is 0 Å². The lowest BCUT2D eigenvalue weighted by Crippen LogP contribution is -2.47. The van der Waals surface area contributed by atoms with Gasteiger partial charge in [-0.25, -0.2) is 0 Å². The van der Waals surface area contributed by atoms with Gasteiger partial charge in [0.1, 0.15) is 11.5 Å². The van der Waals surface area contributed by atoms with Gasteiger partial charge in [-0.1, -0.05) is 6.92 Å². The first-order chi connectivity index (χ1) is 11.0. The lowest BCUT2D eigenvalue weighted by Gasteiger charge is -2.34. The minimum Gasteiger partial charge on any atom is -0.466 e. The van der Waals surface area contributed by atoms with Crippen molar-refractivity contribution < 1.29 is 13.9 Å². The Morgan fingerprint density at radius 3 is 2.57 bits per heavy atom. The van der Waals surface area contributed by atoms with Crippen molar-refractivity contribution >= 4 is 5.91 Å². The Morgan fingerprint density at radius 2 is 1.96 bits per heavy atom. The zero-order valence-electron chi connectivity index (χ0n) is 14.7. The van der Waals surface area contributed by atoms with E-state index in [-0.39, 0.29) is 11.8 Å². The third kappa shape index (κ3) is 3.31. The molecule has 2 aliphatic heterocycles. The minimum atomic E-state index is -0.136. The molecule has 3 heterocycles. The summed E-state index contributed by atoms with van der Waals surface area (Å²) in [5.74, 6) is 2.33. The predicted molar refractivity (Wildman–Crippen MR) is 88.5 cm³/mol. The number of ether oxygens (including phenoxy) is 1. The first kappa shape index (κ1) is 16.5. The molecule has 0 radical (unpaired) electrons. The van der Waals surface area contributed by atoms with Gasteiger partial charge in [-0.2, -0.15) is 0 Å². The van der Waals surface area contributed by atoms with Gasteiger partial charge in [-0.3, -0.25) is 9.69 Å². The Balaban J connectivity index is 1.67. The zero-order valence-corrected chi connectivity index (χ0v) is 14.7. The fourth-order valence-electron chi connectivity index (χ4n) is 4.00. The number of hydrogen-bond acceptors (Lipinski definition) is 4. The number of morpholine rings is 1. The molecule has 5 nitrogen and oxygen atoms in total. The van der Waals surface area contributed by atoms with Crippen LogP contribution in [-0.4, -0.2) is 61.1 Å². The van der Waals surface area contributed by atoms with Crippen LogP contribution in [0.15, 0.2) is 10.5 Å². The number of furan rings is 1. The van der Waals surface area contributed by atoms with Crippen LogP contribution in [0.1, 0.15) is 36.8 Å². The second kappa shape index (κ2) is 6.65. The van der Waals surface area contributed by atoms with Crippen molar-refractivity contribution in [2.45, 2.75) is 39.7 Å². The van der Waals surface area contributed by atoms with Gasteiger partial charge in [-0.05, 0) is 32.8 Å². The molecule has 2 fully saturated rings. The lowest BCUT2D eigenvalue weighted by atomic mass is 10.00. The Kier molecular flexibility index (Phi) is 4.78. The fourth-order valence-corrected chi connectivity index (χ4v) is 4.00. The van der Waals surface area contributed by atoms with Crippen molar-refractivity contribution in [2.24, 2.45) is 5.92 Å². The molecular weight excluding hydrogens is 292 g/mol. The number of amides is 1. The van der Waals surface area contributed by atoms with Crippen molar-refractivity contribution in [1.82, 2.24) is 9.80 Å². The monoisotopic (exact) mass is 320 g/mol. The second-order valence-electron chi connectivity index (χ2n) is 7.03. The van der Waals surface area contributed by atoms with Crippen LogP contribution in [0.3, 0.4) is 0 Å². The van der Waals surface area contributed by atoms with Crippen molar-refractivity contribution in [3.8, 4) is 0 Å². The Morgan fingerprint density at radius 1 is 1.26 bits per heavy atom. The molecule has 2 aliphatic rings. The molecular formula is C18H28N2O3. The first-order valence-electron chi connectivity index (χ1n) is 8.65. The third-order valence-corrected chi connectivity index (χ3v) is 5.32. The lowest BCUT2D eigenvalue weighted by molar-refractivity contribution is -0.131. The maximum atomic E-state index is 12.9. The topological polar surface area (TPSA) is 45.9 Å². The van der Waals surface area contributed by atoms with Gasteiger partial charge in [0.15, 0.2) is 0 Å². The molecule has 23 heavy (non-hydrogen) atoms. The van der Waals surface area contributed by atoms with E-state index in [1.807, 2.05) is 31.7 Å². The Bertz CT molecular complexity index is 563. The summed E-state index contributed by atoms with van der Waals surface area (Å²) < 4.78 is 11.0. The highest BCUT2D eigenvalue weighted by Crippen LogP contribution is 2.29. The van der Waals surface area contributed by atoms with E-state index in [1.54, 1.807) is 0 Å². The number of likely N-dealkylation sites (tertiary alicyclic amines) is 1. The summed E-state index contributed by atoms with van der Waals surface area (Å²) in [7, 11) is 0.